The molecule has 6 nitrogen and oxygen atoms in total. The number of carbonyl (C=O) groups excluding carboxylic acids is 4. The molecule has 240 valence electrons. The van der Waals surface area contributed by atoms with E-state index in [9.17, 15) is 4.79 Å². The topological polar surface area (TPSA) is 80.8 Å². The number of allylic oxidation sites excluding steroid dienone is 2. The van der Waals surface area contributed by atoms with Crippen LogP contribution in [-0.2, 0) is 30.0 Å². The average Bonchev–Trinajstić information content (AvgIpc) is 3.64. The number of hydrogen-bond donors (Lipinski definition) is 0. The molecule has 8 rings (SSSR count). The summed E-state index contributed by atoms with van der Waals surface area (Å²) in [4.78, 5) is 60.0. The van der Waals surface area contributed by atoms with Crippen molar-refractivity contribution < 1.29 is 23.9 Å². The number of ether oxygens (including phenoxy) is 1. The maximum atomic E-state index is 16.0. The summed E-state index contributed by atoms with van der Waals surface area (Å²) in [5.41, 5.74) is 1.17. The first-order valence-corrected chi connectivity index (χ1v) is 16.5. The van der Waals surface area contributed by atoms with Crippen LogP contribution >= 0.6 is 23.2 Å². The Balaban J connectivity index is 1.52. The molecule has 8 heteroatoms. The molecule has 2 fully saturated rings. The number of amides is 2. The van der Waals surface area contributed by atoms with E-state index in [1.54, 1.807) is 66.7 Å². The van der Waals surface area contributed by atoms with Crippen molar-refractivity contribution in [2.75, 3.05) is 12.0 Å². The van der Waals surface area contributed by atoms with Crippen LogP contribution in [-0.4, -0.2) is 30.7 Å². The van der Waals surface area contributed by atoms with E-state index in [1.165, 1.54) is 13.2 Å². The number of Topliss-reactive ketones (excluding diaryl/α,β-unsaturated/α-hetero) is 1. The Kier molecular flexibility index (Phi) is 7.21. The average molecular weight is 685 g/mol. The van der Waals surface area contributed by atoms with Crippen molar-refractivity contribution in [3.05, 3.63) is 171 Å². The van der Waals surface area contributed by atoms with Gasteiger partial charge in [-0.3, -0.25) is 14.4 Å². The minimum absolute atomic E-state index is 0.185. The summed E-state index contributed by atoms with van der Waals surface area (Å²) in [6.07, 6.45) is 0. The molecule has 0 radical (unpaired) electrons. The van der Waals surface area contributed by atoms with E-state index in [2.05, 4.69) is 0 Å². The van der Waals surface area contributed by atoms with Crippen LogP contribution in [0.4, 0.5) is 5.69 Å². The van der Waals surface area contributed by atoms with E-state index in [0.29, 0.717) is 32.3 Å². The smallest absolute Gasteiger partial charge is 0.337 e. The second-order valence-corrected chi connectivity index (χ2v) is 13.3. The van der Waals surface area contributed by atoms with E-state index in [4.69, 9.17) is 27.9 Å². The fourth-order valence-corrected chi connectivity index (χ4v) is 8.75. The highest BCUT2D eigenvalue weighted by molar-refractivity contribution is 6.39. The van der Waals surface area contributed by atoms with Crippen LogP contribution in [0.3, 0.4) is 0 Å². The van der Waals surface area contributed by atoms with Gasteiger partial charge in [-0.2, -0.15) is 0 Å². The molecule has 49 heavy (non-hydrogen) atoms. The number of benzene rings is 5. The fraction of sp³-hybridized carbons (Fsp3) is 0.122. The van der Waals surface area contributed by atoms with Crippen molar-refractivity contribution >= 4 is 63.6 Å². The molecule has 0 spiro atoms. The van der Waals surface area contributed by atoms with Crippen molar-refractivity contribution in [2.45, 2.75) is 10.8 Å². The number of nitrogens with zero attached hydrogens (tertiary/aromatic N) is 1. The minimum atomic E-state index is -1.59. The quantitative estimate of drug-likeness (QED) is 0.134. The van der Waals surface area contributed by atoms with Crippen LogP contribution in [0.2, 0.25) is 10.0 Å². The Morgan fingerprint density at radius 3 is 1.49 bits per heavy atom. The van der Waals surface area contributed by atoms with Gasteiger partial charge >= 0.3 is 5.97 Å². The lowest BCUT2D eigenvalue weighted by Gasteiger charge is -2.39. The van der Waals surface area contributed by atoms with Crippen LogP contribution in [0.25, 0.3) is 11.1 Å². The zero-order valence-electron chi connectivity index (χ0n) is 26.1. The lowest BCUT2D eigenvalue weighted by Crippen LogP contribution is -2.45. The van der Waals surface area contributed by atoms with Crippen LogP contribution in [0.5, 0.6) is 0 Å². The number of carbonyl (C=O) groups is 4. The standard InChI is InChI=1S/C41H27Cl2NO5/c1-49-38(47)26-13-8-14-31(23-26)44-36(45)34-35(37(44)46)41(28-17-21-30(43)22-18-28)33(25-11-6-3-7-12-25)32(24-9-4-2-5-10-24)40(34,39(41)48)27-15-19-29(42)20-16-27/h2-23,34-35H,1H3/t34-,35-,40-,41-/m0/s1. The van der Waals surface area contributed by atoms with Crippen LogP contribution < -0.4 is 4.90 Å². The number of rotatable bonds is 6. The highest BCUT2D eigenvalue weighted by Gasteiger charge is 2.82. The van der Waals surface area contributed by atoms with Gasteiger partial charge in [0.15, 0.2) is 5.78 Å². The Labute approximate surface area is 292 Å². The molecule has 5 aromatic carbocycles. The fourth-order valence-electron chi connectivity index (χ4n) is 8.50. The molecule has 0 N–H and O–H groups in total. The predicted molar refractivity (Wildman–Crippen MR) is 188 cm³/mol. The zero-order valence-corrected chi connectivity index (χ0v) is 27.6. The minimum Gasteiger partial charge on any atom is -0.465 e. The van der Waals surface area contributed by atoms with E-state index in [0.717, 1.165) is 16.0 Å². The number of methoxy groups -OCH3 is 1. The van der Waals surface area contributed by atoms with E-state index < -0.39 is 40.4 Å². The van der Waals surface area contributed by atoms with Crippen LogP contribution in [0.1, 0.15) is 32.6 Å². The lowest BCUT2D eigenvalue weighted by molar-refractivity contribution is -0.130. The van der Waals surface area contributed by atoms with Gasteiger partial charge in [-0.1, -0.05) is 114 Å². The summed E-state index contributed by atoms with van der Waals surface area (Å²) < 4.78 is 4.93. The molecule has 5 aromatic rings. The van der Waals surface area contributed by atoms with Gasteiger partial charge in [-0.15, -0.1) is 0 Å². The molecule has 4 atom stereocenters. The van der Waals surface area contributed by atoms with Crippen LogP contribution in [0, 0.1) is 11.8 Å². The molecule has 2 bridgehead atoms. The number of imide groups is 1. The van der Waals surface area contributed by atoms with Crippen LogP contribution in [0.15, 0.2) is 133 Å². The van der Waals surface area contributed by atoms with E-state index >= 15 is 14.4 Å². The molecule has 2 amide bonds. The van der Waals surface area contributed by atoms with Gasteiger partial charge in [0.05, 0.1) is 41.0 Å². The van der Waals surface area contributed by atoms with Gasteiger partial charge in [-0.05, 0) is 75.9 Å². The summed E-state index contributed by atoms with van der Waals surface area (Å²) >= 11 is 12.8. The predicted octanol–water partition coefficient (Wildman–Crippen LogP) is 7.97. The van der Waals surface area contributed by atoms with Crippen molar-refractivity contribution in [3.8, 4) is 0 Å². The Bertz CT molecular complexity index is 2090. The largest absolute Gasteiger partial charge is 0.465 e. The molecular weight excluding hydrogens is 657 g/mol. The second kappa shape index (κ2) is 11.4. The third-order valence-corrected chi connectivity index (χ3v) is 10.7. The Morgan fingerprint density at radius 1 is 0.612 bits per heavy atom. The number of anilines is 1. The molecule has 0 unspecified atom stereocenters. The Hall–Kier alpha value is -5.30. The van der Waals surface area contributed by atoms with Gasteiger partial charge in [0.2, 0.25) is 11.8 Å². The highest BCUT2D eigenvalue weighted by Crippen LogP contribution is 2.74. The van der Waals surface area contributed by atoms with E-state index in [-0.39, 0.29) is 17.0 Å². The van der Waals surface area contributed by atoms with Gasteiger partial charge in [0.25, 0.3) is 0 Å². The number of ketones is 1. The van der Waals surface area contributed by atoms with Crippen molar-refractivity contribution in [1.29, 1.82) is 0 Å². The zero-order chi connectivity index (χ0) is 34.1. The third-order valence-electron chi connectivity index (χ3n) is 10.2. The summed E-state index contributed by atoms with van der Waals surface area (Å²) in [6, 6.07) is 39.3. The molecule has 0 aromatic heterocycles. The van der Waals surface area contributed by atoms with Crippen molar-refractivity contribution in [1.82, 2.24) is 0 Å². The van der Waals surface area contributed by atoms with Gasteiger partial charge in [-0.25, -0.2) is 9.69 Å². The number of esters is 1. The molecule has 1 saturated carbocycles. The van der Waals surface area contributed by atoms with Crippen molar-refractivity contribution in [3.63, 3.8) is 0 Å². The number of fused-ring (bicyclic) bond motifs is 5. The molecule has 1 heterocycles. The second-order valence-electron chi connectivity index (χ2n) is 12.5. The summed E-state index contributed by atoms with van der Waals surface area (Å²) in [5.74, 6) is -4.19. The molecule has 3 aliphatic rings. The maximum Gasteiger partial charge on any atom is 0.337 e. The molecule has 1 aliphatic heterocycles. The summed E-state index contributed by atoms with van der Waals surface area (Å²) in [7, 11) is 1.27. The molecule has 2 aliphatic carbocycles. The number of hydrogen-bond acceptors (Lipinski definition) is 5. The highest BCUT2D eigenvalue weighted by atomic mass is 35.5. The van der Waals surface area contributed by atoms with Gasteiger partial charge in [0, 0.05) is 10.0 Å². The first-order chi connectivity index (χ1) is 23.8. The molecule has 1 saturated heterocycles. The SMILES string of the molecule is COC(=O)c1cccc(N2C(=O)[C@@H]3[C@@H](C2=O)[C@@]2(c4ccc(Cl)cc4)C(=O)[C@@]3(c3ccc(Cl)cc3)C(c3ccccc3)=C2c2ccccc2)c1. The third kappa shape index (κ3) is 4.14. The first-order valence-electron chi connectivity index (χ1n) is 15.8. The number of halogens is 2. The molecular formula is C41H27Cl2NO5. The van der Waals surface area contributed by atoms with E-state index in [1.807, 2.05) is 60.7 Å². The summed E-state index contributed by atoms with van der Waals surface area (Å²) in [6.45, 7) is 0. The normalized spacial score (nSPS) is 24.1. The van der Waals surface area contributed by atoms with Crippen molar-refractivity contribution in [2.24, 2.45) is 11.8 Å². The Morgan fingerprint density at radius 2 is 1.06 bits per heavy atom. The lowest BCUT2D eigenvalue weighted by atomic mass is 9.59. The monoisotopic (exact) mass is 683 g/mol. The summed E-state index contributed by atoms with van der Waals surface area (Å²) in [5, 5.41) is 0.931. The van der Waals surface area contributed by atoms with Gasteiger partial charge < -0.3 is 4.74 Å². The maximum absolute atomic E-state index is 16.0. The van der Waals surface area contributed by atoms with Gasteiger partial charge in [0.1, 0.15) is 0 Å². The first kappa shape index (κ1) is 31.0.